The van der Waals surface area contributed by atoms with Crippen molar-refractivity contribution in [2.24, 2.45) is 0 Å². The van der Waals surface area contributed by atoms with Crippen LogP contribution in [0.15, 0.2) is 23.1 Å². The fourth-order valence-electron chi connectivity index (χ4n) is 2.38. The lowest BCUT2D eigenvalue weighted by Gasteiger charge is -2.19. The number of nitrogens with zero attached hydrogens (tertiary/aromatic N) is 1. The van der Waals surface area contributed by atoms with Gasteiger partial charge in [0.05, 0.1) is 11.4 Å². The van der Waals surface area contributed by atoms with Crippen molar-refractivity contribution in [3.63, 3.8) is 0 Å². The van der Waals surface area contributed by atoms with Crippen LogP contribution in [0.25, 0.3) is 0 Å². The minimum absolute atomic E-state index is 0.167. The van der Waals surface area contributed by atoms with Gasteiger partial charge in [0.2, 0.25) is 10.0 Å². The molecule has 0 unspecified atom stereocenters. The number of sulfonamides is 1. The summed E-state index contributed by atoms with van der Waals surface area (Å²) in [6, 6.07) is 5.51. The lowest BCUT2D eigenvalue weighted by atomic mass is 10.2. The lowest BCUT2D eigenvalue weighted by Crippen LogP contribution is -2.24. The van der Waals surface area contributed by atoms with E-state index in [-0.39, 0.29) is 4.90 Å². The second kappa shape index (κ2) is 5.38. The number of hydrogen-bond donors (Lipinski definition) is 2. The second-order valence-electron chi connectivity index (χ2n) is 5.13. The molecule has 5 nitrogen and oxygen atoms in total. The molecule has 1 aromatic carbocycles. The molecule has 19 heavy (non-hydrogen) atoms. The van der Waals surface area contributed by atoms with Crippen LogP contribution in [0.2, 0.25) is 0 Å². The number of nitrogens with two attached hydrogens (primary N) is 1. The highest BCUT2D eigenvalue weighted by molar-refractivity contribution is 7.89. The number of anilines is 2. The van der Waals surface area contributed by atoms with E-state index in [0.29, 0.717) is 11.7 Å². The highest BCUT2D eigenvalue weighted by Gasteiger charge is 2.23. The standard InChI is InChI=1S/C13H21N3O2S/c1-16(2)19(17,18)12-9-5-8-11(13(12)14)15-10-6-3-4-7-10/h5,8-10,15H,3-4,6-7,14H2,1-2H3. The molecular weight excluding hydrogens is 262 g/mol. The molecule has 1 saturated carbocycles. The highest BCUT2D eigenvalue weighted by atomic mass is 32.2. The summed E-state index contributed by atoms with van der Waals surface area (Å²) in [6.07, 6.45) is 4.66. The van der Waals surface area contributed by atoms with E-state index in [9.17, 15) is 8.42 Å². The molecule has 1 fully saturated rings. The lowest BCUT2D eigenvalue weighted by molar-refractivity contribution is 0.521. The van der Waals surface area contributed by atoms with Gasteiger partial charge in [-0.3, -0.25) is 0 Å². The Labute approximate surface area is 114 Å². The van der Waals surface area contributed by atoms with Gasteiger partial charge < -0.3 is 11.1 Å². The fraction of sp³-hybridized carbons (Fsp3) is 0.538. The van der Waals surface area contributed by atoms with E-state index in [1.807, 2.05) is 6.07 Å². The van der Waals surface area contributed by atoms with Crippen molar-refractivity contribution in [3.8, 4) is 0 Å². The highest BCUT2D eigenvalue weighted by Crippen LogP contribution is 2.31. The predicted molar refractivity (Wildman–Crippen MR) is 77.6 cm³/mol. The monoisotopic (exact) mass is 283 g/mol. The zero-order valence-corrected chi connectivity index (χ0v) is 12.2. The van der Waals surface area contributed by atoms with E-state index in [1.165, 1.54) is 31.2 Å². The fourth-order valence-corrected chi connectivity index (χ4v) is 3.41. The Kier molecular flexibility index (Phi) is 4.01. The van der Waals surface area contributed by atoms with Crippen molar-refractivity contribution in [1.82, 2.24) is 4.31 Å². The van der Waals surface area contributed by atoms with Crippen LogP contribution >= 0.6 is 0 Å². The topological polar surface area (TPSA) is 75.4 Å². The molecular formula is C13H21N3O2S. The van der Waals surface area contributed by atoms with Crippen LogP contribution in [-0.2, 0) is 10.0 Å². The zero-order valence-electron chi connectivity index (χ0n) is 11.4. The minimum atomic E-state index is -3.50. The molecule has 1 aromatic rings. The molecule has 0 bridgehead atoms. The molecule has 3 N–H and O–H groups in total. The van der Waals surface area contributed by atoms with Crippen LogP contribution in [0.3, 0.4) is 0 Å². The molecule has 0 spiro atoms. The molecule has 2 rings (SSSR count). The Balaban J connectivity index is 2.32. The number of benzene rings is 1. The van der Waals surface area contributed by atoms with Gasteiger partial charge in [-0.2, -0.15) is 0 Å². The maximum Gasteiger partial charge on any atom is 0.244 e. The van der Waals surface area contributed by atoms with E-state index < -0.39 is 10.0 Å². The van der Waals surface area contributed by atoms with E-state index >= 15 is 0 Å². The molecule has 0 aliphatic heterocycles. The van der Waals surface area contributed by atoms with Gasteiger partial charge in [0.15, 0.2) is 0 Å². The zero-order chi connectivity index (χ0) is 14.0. The number of nitrogen functional groups attached to an aromatic ring is 1. The number of nitrogens with one attached hydrogen (secondary N) is 1. The third kappa shape index (κ3) is 2.84. The molecule has 1 aliphatic carbocycles. The number of para-hydroxylation sites is 1. The average molecular weight is 283 g/mol. The van der Waals surface area contributed by atoms with Gasteiger partial charge in [0.25, 0.3) is 0 Å². The average Bonchev–Trinajstić information content (AvgIpc) is 2.84. The van der Waals surface area contributed by atoms with E-state index in [4.69, 9.17) is 5.73 Å². The first-order valence-corrected chi connectivity index (χ1v) is 7.94. The summed E-state index contributed by atoms with van der Waals surface area (Å²) in [5.41, 5.74) is 7.04. The van der Waals surface area contributed by atoms with Crippen molar-refractivity contribution >= 4 is 21.4 Å². The Morgan fingerprint density at radius 1 is 1.26 bits per heavy atom. The van der Waals surface area contributed by atoms with Crippen molar-refractivity contribution < 1.29 is 8.42 Å². The van der Waals surface area contributed by atoms with Gasteiger partial charge in [-0.15, -0.1) is 0 Å². The normalized spacial score (nSPS) is 17.0. The van der Waals surface area contributed by atoms with E-state index in [2.05, 4.69) is 5.32 Å². The van der Waals surface area contributed by atoms with Gasteiger partial charge in [0, 0.05) is 20.1 Å². The molecule has 6 heteroatoms. The molecule has 0 heterocycles. The SMILES string of the molecule is CN(C)S(=O)(=O)c1cccc(NC2CCCC2)c1N. The van der Waals surface area contributed by atoms with E-state index in [0.717, 1.165) is 18.5 Å². The first-order chi connectivity index (χ1) is 8.93. The summed E-state index contributed by atoms with van der Waals surface area (Å²) in [5.74, 6) is 0. The van der Waals surface area contributed by atoms with Crippen molar-refractivity contribution in [2.45, 2.75) is 36.6 Å². The summed E-state index contributed by atoms with van der Waals surface area (Å²) in [4.78, 5) is 0.167. The van der Waals surface area contributed by atoms with Crippen LogP contribution in [0.1, 0.15) is 25.7 Å². The molecule has 1 aliphatic rings. The smallest absolute Gasteiger partial charge is 0.244 e. The molecule has 0 aromatic heterocycles. The largest absolute Gasteiger partial charge is 0.396 e. The summed E-state index contributed by atoms with van der Waals surface area (Å²) in [7, 11) is -0.484. The Bertz CT molecular complexity index is 549. The minimum Gasteiger partial charge on any atom is -0.396 e. The van der Waals surface area contributed by atoms with Crippen LogP contribution < -0.4 is 11.1 Å². The maximum absolute atomic E-state index is 12.2. The first kappa shape index (κ1) is 14.1. The van der Waals surface area contributed by atoms with E-state index in [1.54, 1.807) is 12.1 Å². The molecule has 0 radical (unpaired) electrons. The van der Waals surface area contributed by atoms with Crippen molar-refractivity contribution in [1.29, 1.82) is 0 Å². The number of hydrogen-bond acceptors (Lipinski definition) is 4. The van der Waals surface area contributed by atoms with Gasteiger partial charge in [-0.25, -0.2) is 12.7 Å². The first-order valence-electron chi connectivity index (χ1n) is 6.50. The molecule has 0 amide bonds. The Morgan fingerprint density at radius 3 is 2.47 bits per heavy atom. The van der Waals surface area contributed by atoms with Crippen molar-refractivity contribution in [2.75, 3.05) is 25.1 Å². The molecule has 0 saturated heterocycles. The number of rotatable bonds is 4. The van der Waals surface area contributed by atoms with Crippen LogP contribution in [0.4, 0.5) is 11.4 Å². The van der Waals surface area contributed by atoms with Crippen LogP contribution in [0, 0.1) is 0 Å². The van der Waals surface area contributed by atoms with Gasteiger partial charge in [-0.1, -0.05) is 18.9 Å². The Morgan fingerprint density at radius 2 is 1.89 bits per heavy atom. The van der Waals surface area contributed by atoms with Crippen molar-refractivity contribution in [3.05, 3.63) is 18.2 Å². The summed E-state index contributed by atoms with van der Waals surface area (Å²) >= 11 is 0. The van der Waals surface area contributed by atoms with Crippen LogP contribution in [0.5, 0.6) is 0 Å². The second-order valence-corrected chi connectivity index (χ2v) is 7.25. The summed E-state index contributed by atoms with van der Waals surface area (Å²) in [5, 5.41) is 3.35. The van der Waals surface area contributed by atoms with Gasteiger partial charge in [-0.05, 0) is 25.0 Å². The van der Waals surface area contributed by atoms with Crippen LogP contribution in [-0.4, -0.2) is 32.9 Å². The third-order valence-corrected chi connectivity index (χ3v) is 5.41. The van der Waals surface area contributed by atoms with Gasteiger partial charge in [0.1, 0.15) is 4.90 Å². The maximum atomic E-state index is 12.2. The summed E-state index contributed by atoms with van der Waals surface area (Å²) < 4.78 is 25.5. The molecule has 106 valence electrons. The molecule has 0 atom stereocenters. The Hall–Kier alpha value is -1.27. The third-order valence-electron chi connectivity index (χ3n) is 3.54. The van der Waals surface area contributed by atoms with Gasteiger partial charge >= 0.3 is 0 Å². The quantitative estimate of drug-likeness (QED) is 0.827. The summed E-state index contributed by atoms with van der Waals surface area (Å²) in [6.45, 7) is 0. The predicted octanol–water partition coefficient (Wildman–Crippen LogP) is 1.87.